The van der Waals surface area contributed by atoms with Crippen molar-refractivity contribution < 1.29 is 28.5 Å². The minimum Gasteiger partial charge on any atom is -0.444 e. The normalized spacial score (nSPS) is 17.3. The van der Waals surface area contributed by atoms with Crippen molar-refractivity contribution in [3.8, 4) is 33.9 Å². The van der Waals surface area contributed by atoms with Crippen LogP contribution in [0.1, 0.15) is 91.0 Å². The summed E-state index contributed by atoms with van der Waals surface area (Å²) in [4.78, 5) is 50.3. The number of benzene rings is 2. The first-order valence-corrected chi connectivity index (χ1v) is 31.1. The van der Waals surface area contributed by atoms with Crippen LogP contribution in [0.3, 0.4) is 0 Å². The maximum Gasteiger partial charge on any atom is 0.410 e. The Morgan fingerprint density at radius 2 is 1.05 bits per heavy atom. The Hall–Kier alpha value is -4.91. The smallest absolute Gasteiger partial charge is 0.410 e. The summed E-state index contributed by atoms with van der Waals surface area (Å²) >= 11 is 0. The number of hydrogen-bond acceptors (Lipinski definition) is 10. The molecule has 2 fully saturated rings. The molecule has 3 aromatic heterocycles. The second-order valence-corrected chi connectivity index (χ2v) is 33.5. The summed E-state index contributed by atoms with van der Waals surface area (Å²) < 4.78 is 28.7. The first-order chi connectivity index (χ1) is 31.1. The second-order valence-electron chi connectivity index (χ2n) is 22.2. The monoisotopic (exact) mass is 937 g/mol. The van der Waals surface area contributed by atoms with Gasteiger partial charge in [-0.2, -0.15) is 0 Å². The van der Waals surface area contributed by atoms with Gasteiger partial charge in [-0.1, -0.05) is 63.5 Å². The molecule has 0 radical (unpaired) electrons. The molecule has 66 heavy (non-hydrogen) atoms. The fourth-order valence-corrected chi connectivity index (χ4v) is 10.0. The molecule has 0 saturated carbocycles. The number of hydrogen-bond donors (Lipinski definition) is 0. The van der Waals surface area contributed by atoms with E-state index in [-0.39, 0.29) is 31.0 Å². The van der Waals surface area contributed by atoms with E-state index < -0.39 is 27.3 Å². The Bertz CT molecular complexity index is 2490. The van der Waals surface area contributed by atoms with Crippen LogP contribution in [-0.2, 0) is 32.4 Å². The van der Waals surface area contributed by atoms with Gasteiger partial charge in [0.25, 0.3) is 0 Å². The van der Waals surface area contributed by atoms with Gasteiger partial charge in [0.05, 0.1) is 41.6 Å². The summed E-state index contributed by atoms with van der Waals surface area (Å²) in [6.07, 6.45) is 9.82. The first-order valence-electron chi connectivity index (χ1n) is 23.7. The standard InChI is InChI=1S/C50H72N8O6Si2/c1-49(2,3)63-47(59)55-23-13-15-39(55)45-53-31-41(57(45)33-61-25-27-65(7,8)9)37-19-17-36-30-38(20-18-35(36)29-37)43-44(52-22-21-51-43)42-32-54-46(58(42)34-62-26-28-66(10,11)12)40-16-14-24-56(40)48(60)64-50(4,5)6/h17-22,29-32,39-40H,13-16,23-28,33-34H2,1-12H3/t39-,40-/m0/s1. The van der Waals surface area contributed by atoms with Gasteiger partial charge in [0, 0.05) is 66.0 Å². The molecule has 14 nitrogen and oxygen atoms in total. The molecule has 0 unspecified atom stereocenters. The lowest BCUT2D eigenvalue weighted by atomic mass is 10.0. The number of imidazole rings is 2. The average Bonchev–Trinajstić information content (AvgIpc) is 4.05. The zero-order valence-electron chi connectivity index (χ0n) is 41.4. The van der Waals surface area contributed by atoms with Crippen molar-refractivity contribution in [2.45, 2.75) is 155 Å². The van der Waals surface area contributed by atoms with E-state index in [1.165, 1.54) is 0 Å². The molecule has 2 amide bonds. The zero-order valence-corrected chi connectivity index (χ0v) is 43.4. The van der Waals surface area contributed by atoms with Crippen LogP contribution in [0.25, 0.3) is 44.7 Å². The number of nitrogens with zero attached hydrogens (tertiary/aromatic N) is 8. The number of carbonyl (C=O) groups is 2. The number of carbonyl (C=O) groups excluding carboxylic acids is 2. The quantitative estimate of drug-likeness (QED) is 0.0736. The van der Waals surface area contributed by atoms with E-state index >= 15 is 0 Å². The van der Waals surface area contributed by atoms with Crippen molar-refractivity contribution in [3.05, 3.63) is 72.8 Å². The van der Waals surface area contributed by atoms with E-state index in [4.69, 9.17) is 38.9 Å². The molecule has 2 atom stereocenters. The van der Waals surface area contributed by atoms with E-state index in [1.807, 2.05) is 58.8 Å². The van der Waals surface area contributed by atoms with Gasteiger partial charge in [0.2, 0.25) is 0 Å². The summed E-state index contributed by atoms with van der Waals surface area (Å²) in [6.45, 7) is 28.6. The van der Waals surface area contributed by atoms with Gasteiger partial charge >= 0.3 is 12.2 Å². The van der Waals surface area contributed by atoms with Crippen LogP contribution < -0.4 is 0 Å². The lowest BCUT2D eigenvalue weighted by Gasteiger charge is -2.29. The summed E-state index contributed by atoms with van der Waals surface area (Å²) in [5.41, 5.74) is 3.81. The molecule has 16 heteroatoms. The van der Waals surface area contributed by atoms with Crippen LogP contribution in [0, 0.1) is 0 Å². The highest BCUT2D eigenvalue weighted by Gasteiger charge is 2.38. The summed E-state index contributed by atoms with van der Waals surface area (Å²) in [5, 5.41) is 2.10. The van der Waals surface area contributed by atoms with Gasteiger partial charge in [-0.3, -0.25) is 19.8 Å². The molecule has 2 aromatic carbocycles. The summed E-state index contributed by atoms with van der Waals surface area (Å²) in [5.74, 6) is 1.56. The van der Waals surface area contributed by atoms with Gasteiger partial charge < -0.3 is 28.1 Å². The molecular weight excluding hydrogens is 865 g/mol. The van der Waals surface area contributed by atoms with Crippen LogP contribution in [0.5, 0.6) is 0 Å². The van der Waals surface area contributed by atoms with Gasteiger partial charge in [-0.05, 0) is 102 Å². The van der Waals surface area contributed by atoms with Crippen molar-refractivity contribution >= 4 is 39.1 Å². The number of aromatic nitrogens is 6. The van der Waals surface area contributed by atoms with E-state index in [1.54, 1.807) is 17.3 Å². The minimum absolute atomic E-state index is 0.218. The lowest BCUT2D eigenvalue weighted by molar-refractivity contribution is 0.0195. The minimum atomic E-state index is -1.34. The predicted octanol–water partition coefficient (Wildman–Crippen LogP) is 11.8. The molecule has 2 aliphatic rings. The third-order valence-electron chi connectivity index (χ3n) is 11.9. The number of rotatable bonds is 15. The highest BCUT2D eigenvalue weighted by molar-refractivity contribution is 6.76. The molecule has 0 spiro atoms. The highest BCUT2D eigenvalue weighted by Crippen LogP contribution is 2.39. The molecule has 0 bridgehead atoms. The third-order valence-corrected chi connectivity index (χ3v) is 15.3. The fraction of sp³-hybridized carbons (Fsp3) is 0.560. The average molecular weight is 937 g/mol. The van der Waals surface area contributed by atoms with Crippen LogP contribution in [-0.4, -0.2) is 105 Å². The van der Waals surface area contributed by atoms with Gasteiger partial charge in [-0.15, -0.1) is 0 Å². The van der Waals surface area contributed by atoms with E-state index in [2.05, 4.69) is 84.8 Å². The first kappa shape index (κ1) is 49.0. The van der Waals surface area contributed by atoms with Crippen molar-refractivity contribution in [2.24, 2.45) is 0 Å². The molecule has 0 aliphatic carbocycles. The van der Waals surface area contributed by atoms with Crippen molar-refractivity contribution in [3.63, 3.8) is 0 Å². The molecule has 7 rings (SSSR count). The Morgan fingerprint density at radius 1 is 0.606 bits per heavy atom. The van der Waals surface area contributed by atoms with Crippen molar-refractivity contribution in [1.82, 2.24) is 38.9 Å². The van der Waals surface area contributed by atoms with Gasteiger partial charge in [0.1, 0.15) is 42.0 Å². The Balaban J connectivity index is 1.21. The maximum absolute atomic E-state index is 13.5. The molecule has 356 valence electrons. The molecule has 5 heterocycles. The lowest BCUT2D eigenvalue weighted by Crippen LogP contribution is -2.37. The summed E-state index contributed by atoms with van der Waals surface area (Å²) in [6, 6.07) is 14.4. The maximum atomic E-state index is 13.5. The summed E-state index contributed by atoms with van der Waals surface area (Å²) in [7, 11) is -2.66. The van der Waals surface area contributed by atoms with Crippen LogP contribution >= 0.6 is 0 Å². The zero-order chi connectivity index (χ0) is 47.6. The topological polar surface area (TPSA) is 139 Å². The molecule has 5 aromatic rings. The number of fused-ring (bicyclic) bond motifs is 1. The van der Waals surface area contributed by atoms with E-state index in [0.717, 1.165) is 88.4 Å². The van der Waals surface area contributed by atoms with Gasteiger partial charge in [0.15, 0.2) is 0 Å². The Kier molecular flexibility index (Phi) is 14.7. The van der Waals surface area contributed by atoms with Gasteiger partial charge in [-0.25, -0.2) is 19.6 Å². The number of likely N-dealkylation sites (tertiary alicyclic amines) is 2. The van der Waals surface area contributed by atoms with E-state index in [9.17, 15) is 9.59 Å². The fourth-order valence-electron chi connectivity index (χ4n) is 8.51. The third kappa shape index (κ3) is 12.2. The number of ether oxygens (including phenoxy) is 4. The van der Waals surface area contributed by atoms with Crippen LogP contribution in [0.4, 0.5) is 9.59 Å². The Morgan fingerprint density at radius 3 is 1.53 bits per heavy atom. The van der Waals surface area contributed by atoms with Crippen LogP contribution in [0.2, 0.25) is 51.4 Å². The molecule has 0 N–H and O–H groups in total. The van der Waals surface area contributed by atoms with Crippen molar-refractivity contribution in [1.29, 1.82) is 0 Å². The molecule has 2 saturated heterocycles. The largest absolute Gasteiger partial charge is 0.444 e. The van der Waals surface area contributed by atoms with E-state index in [0.29, 0.717) is 38.7 Å². The molecular formula is C50H72N8O6Si2. The number of amides is 2. The second kappa shape index (κ2) is 19.7. The highest BCUT2D eigenvalue weighted by atomic mass is 28.3. The van der Waals surface area contributed by atoms with Crippen molar-refractivity contribution in [2.75, 3.05) is 26.3 Å². The van der Waals surface area contributed by atoms with Crippen LogP contribution in [0.15, 0.2) is 61.2 Å². The molecule has 2 aliphatic heterocycles. The SMILES string of the molecule is CC(C)(C)OC(=O)N1CCC[C@H]1c1ncc(-c2ccc3cc(-c4nccnc4-c4cnc([C@@H]5CCCN5C(=O)OC(C)(C)C)n4COCC[Si](C)(C)C)ccc3c2)n1COCC[Si](C)(C)C. The predicted molar refractivity (Wildman–Crippen MR) is 265 cm³/mol. The Labute approximate surface area is 393 Å².